The molecule has 2 rings (SSSR count). The van der Waals surface area contributed by atoms with Gasteiger partial charge in [-0.1, -0.05) is 32.9 Å². The highest BCUT2D eigenvalue weighted by molar-refractivity contribution is 7.13. The molecule has 0 bridgehead atoms. The third-order valence-corrected chi connectivity index (χ3v) is 3.67. The Morgan fingerprint density at radius 2 is 2.14 bits per heavy atom. The molecule has 0 spiro atoms. The third-order valence-electron chi connectivity index (χ3n) is 2.98. The Labute approximate surface area is 129 Å². The first-order valence-electron chi connectivity index (χ1n) is 6.79. The average molecular weight is 304 g/mol. The van der Waals surface area contributed by atoms with E-state index in [2.05, 4.69) is 43.2 Å². The highest BCUT2D eigenvalue weighted by Crippen LogP contribution is 2.32. The maximum Gasteiger partial charge on any atom is 0.264 e. The fourth-order valence-electron chi connectivity index (χ4n) is 1.95. The molecule has 21 heavy (non-hydrogen) atoms. The molecule has 4 nitrogen and oxygen atoms in total. The van der Waals surface area contributed by atoms with Crippen LogP contribution in [0.1, 0.15) is 31.9 Å². The molecule has 0 aliphatic heterocycles. The zero-order valence-electron chi connectivity index (χ0n) is 12.8. The highest BCUT2D eigenvalue weighted by atomic mass is 32.1. The van der Waals surface area contributed by atoms with Gasteiger partial charge in [-0.3, -0.25) is 10.1 Å². The minimum absolute atomic E-state index is 0.0217. The number of hydrogen-bond acceptors (Lipinski definition) is 4. The summed E-state index contributed by atoms with van der Waals surface area (Å²) in [4.78, 5) is 15.9. The van der Waals surface area contributed by atoms with E-state index in [0.717, 1.165) is 16.9 Å². The van der Waals surface area contributed by atoms with Gasteiger partial charge in [0, 0.05) is 11.6 Å². The summed E-state index contributed by atoms with van der Waals surface area (Å²) in [5, 5.41) is 5.11. The Hall–Kier alpha value is -1.88. The van der Waals surface area contributed by atoms with Crippen molar-refractivity contribution in [1.29, 1.82) is 0 Å². The fourth-order valence-corrected chi connectivity index (χ4v) is 2.50. The van der Waals surface area contributed by atoms with Gasteiger partial charge in [0.2, 0.25) is 0 Å². The van der Waals surface area contributed by atoms with E-state index in [1.807, 2.05) is 18.4 Å². The molecule has 0 aliphatic carbocycles. The van der Waals surface area contributed by atoms with E-state index in [0.29, 0.717) is 5.13 Å². The van der Waals surface area contributed by atoms with E-state index < -0.39 is 0 Å². The zero-order chi connectivity index (χ0) is 15.5. The molecule has 5 heteroatoms. The number of ether oxygens (including phenoxy) is 1. The van der Waals surface area contributed by atoms with Crippen LogP contribution in [-0.2, 0) is 10.2 Å². The molecule has 0 fully saturated rings. The smallest absolute Gasteiger partial charge is 0.264 e. The Morgan fingerprint density at radius 1 is 1.38 bits per heavy atom. The lowest BCUT2D eigenvalue weighted by molar-refractivity contribution is -0.118. The quantitative estimate of drug-likeness (QED) is 0.935. The van der Waals surface area contributed by atoms with Gasteiger partial charge in [-0.2, -0.15) is 0 Å². The summed E-state index contributed by atoms with van der Waals surface area (Å²) in [5.74, 6) is 0.558. The van der Waals surface area contributed by atoms with E-state index in [1.54, 1.807) is 6.20 Å². The number of thiazole rings is 1. The number of anilines is 1. The molecular formula is C16H20N2O2S. The van der Waals surface area contributed by atoms with Crippen molar-refractivity contribution in [2.75, 3.05) is 11.9 Å². The van der Waals surface area contributed by atoms with E-state index in [9.17, 15) is 4.79 Å². The Morgan fingerprint density at radius 3 is 2.76 bits per heavy atom. The molecule has 2 aromatic rings. The van der Waals surface area contributed by atoms with Crippen LogP contribution in [0.15, 0.2) is 29.8 Å². The molecule has 1 amide bonds. The van der Waals surface area contributed by atoms with Crippen molar-refractivity contribution in [2.45, 2.75) is 33.1 Å². The van der Waals surface area contributed by atoms with Crippen LogP contribution in [0, 0.1) is 6.92 Å². The van der Waals surface area contributed by atoms with Crippen LogP contribution in [0.5, 0.6) is 5.75 Å². The molecule has 0 unspecified atom stereocenters. The van der Waals surface area contributed by atoms with Gasteiger partial charge in [-0.15, -0.1) is 11.3 Å². The van der Waals surface area contributed by atoms with Crippen LogP contribution >= 0.6 is 11.3 Å². The fraction of sp³-hybridized carbons (Fsp3) is 0.375. The molecule has 1 heterocycles. The summed E-state index contributed by atoms with van der Waals surface area (Å²) in [7, 11) is 0. The lowest BCUT2D eigenvalue weighted by atomic mass is 9.86. The molecule has 1 aromatic heterocycles. The van der Waals surface area contributed by atoms with Gasteiger partial charge in [-0.25, -0.2) is 4.98 Å². The van der Waals surface area contributed by atoms with Gasteiger partial charge in [-0.05, 0) is 29.5 Å². The first kappa shape index (κ1) is 15.5. The second-order valence-corrected chi connectivity index (χ2v) is 6.82. The number of aryl methyl sites for hydroxylation is 1. The lowest BCUT2D eigenvalue weighted by Gasteiger charge is -2.23. The number of hydrogen-bond donors (Lipinski definition) is 1. The summed E-state index contributed by atoms with van der Waals surface area (Å²) in [6, 6.07) is 6.09. The van der Waals surface area contributed by atoms with Crippen LogP contribution in [0.4, 0.5) is 5.13 Å². The van der Waals surface area contributed by atoms with Crippen molar-refractivity contribution in [3.05, 3.63) is 40.9 Å². The number of benzene rings is 1. The highest BCUT2D eigenvalue weighted by Gasteiger charge is 2.19. The molecule has 0 aliphatic rings. The Bertz CT molecular complexity index is 616. The first-order chi connectivity index (χ1) is 9.86. The molecule has 0 atom stereocenters. The number of aromatic nitrogens is 1. The standard InChI is InChI=1S/C16H20N2O2S/c1-11-5-6-12(16(2,3)4)13(9-11)20-10-14(19)18-15-17-7-8-21-15/h5-9H,10H2,1-4H3,(H,17,18,19). The van der Waals surface area contributed by atoms with E-state index in [4.69, 9.17) is 4.74 Å². The van der Waals surface area contributed by atoms with Crippen molar-refractivity contribution >= 4 is 22.4 Å². The second kappa shape index (κ2) is 6.26. The molecule has 0 saturated carbocycles. The first-order valence-corrected chi connectivity index (χ1v) is 7.67. The number of rotatable bonds is 4. The SMILES string of the molecule is Cc1ccc(C(C)(C)C)c(OCC(=O)Nc2nccs2)c1. The zero-order valence-corrected chi connectivity index (χ0v) is 13.6. The minimum Gasteiger partial charge on any atom is -0.483 e. The molecule has 1 aromatic carbocycles. The van der Waals surface area contributed by atoms with Crippen molar-refractivity contribution in [2.24, 2.45) is 0 Å². The van der Waals surface area contributed by atoms with Crippen LogP contribution < -0.4 is 10.1 Å². The van der Waals surface area contributed by atoms with Crippen molar-refractivity contribution in [1.82, 2.24) is 4.98 Å². The topological polar surface area (TPSA) is 51.2 Å². The van der Waals surface area contributed by atoms with Gasteiger partial charge < -0.3 is 4.74 Å². The van der Waals surface area contributed by atoms with Gasteiger partial charge in [0.15, 0.2) is 11.7 Å². The van der Waals surface area contributed by atoms with Crippen molar-refractivity contribution in [3.63, 3.8) is 0 Å². The number of carbonyl (C=O) groups excluding carboxylic acids is 1. The van der Waals surface area contributed by atoms with Gasteiger partial charge in [0.1, 0.15) is 5.75 Å². The molecular weight excluding hydrogens is 284 g/mol. The van der Waals surface area contributed by atoms with Crippen LogP contribution in [0.25, 0.3) is 0 Å². The van der Waals surface area contributed by atoms with Crippen LogP contribution in [0.2, 0.25) is 0 Å². The van der Waals surface area contributed by atoms with Crippen molar-refractivity contribution in [3.8, 4) is 5.75 Å². The lowest BCUT2D eigenvalue weighted by Crippen LogP contribution is -2.22. The number of nitrogens with zero attached hydrogens (tertiary/aromatic N) is 1. The van der Waals surface area contributed by atoms with Gasteiger partial charge >= 0.3 is 0 Å². The van der Waals surface area contributed by atoms with E-state index >= 15 is 0 Å². The van der Waals surface area contributed by atoms with Crippen LogP contribution in [0.3, 0.4) is 0 Å². The monoisotopic (exact) mass is 304 g/mol. The van der Waals surface area contributed by atoms with Gasteiger partial charge in [0.05, 0.1) is 0 Å². The molecule has 0 saturated heterocycles. The van der Waals surface area contributed by atoms with Crippen LogP contribution in [-0.4, -0.2) is 17.5 Å². The minimum atomic E-state index is -0.202. The summed E-state index contributed by atoms with van der Waals surface area (Å²) in [6.07, 6.45) is 1.65. The van der Waals surface area contributed by atoms with E-state index in [1.165, 1.54) is 11.3 Å². The average Bonchev–Trinajstić information content (AvgIpc) is 2.87. The largest absolute Gasteiger partial charge is 0.483 e. The van der Waals surface area contributed by atoms with Crippen molar-refractivity contribution < 1.29 is 9.53 Å². The summed E-state index contributed by atoms with van der Waals surface area (Å²) in [5.41, 5.74) is 2.17. The summed E-state index contributed by atoms with van der Waals surface area (Å²) < 4.78 is 5.72. The number of amides is 1. The summed E-state index contributed by atoms with van der Waals surface area (Å²) in [6.45, 7) is 8.36. The predicted molar refractivity (Wildman–Crippen MR) is 86.1 cm³/mol. The Balaban J connectivity index is 2.05. The van der Waals surface area contributed by atoms with Gasteiger partial charge in [0.25, 0.3) is 5.91 Å². The molecule has 112 valence electrons. The second-order valence-electron chi connectivity index (χ2n) is 5.92. The van der Waals surface area contributed by atoms with E-state index in [-0.39, 0.29) is 17.9 Å². The number of carbonyl (C=O) groups is 1. The maximum atomic E-state index is 11.9. The number of nitrogens with one attached hydrogen (secondary N) is 1. The normalized spacial score (nSPS) is 11.2. The third kappa shape index (κ3) is 4.29. The summed E-state index contributed by atoms with van der Waals surface area (Å²) >= 11 is 1.38. The Kier molecular flexibility index (Phi) is 4.63. The molecule has 0 radical (unpaired) electrons. The maximum absolute atomic E-state index is 11.9. The molecule has 1 N–H and O–H groups in total. The predicted octanol–water partition coefficient (Wildman–Crippen LogP) is 3.77.